The van der Waals surface area contributed by atoms with E-state index in [1.54, 1.807) is 18.3 Å². The van der Waals surface area contributed by atoms with Crippen molar-refractivity contribution >= 4 is 16.9 Å². The monoisotopic (exact) mass is 559 g/mol. The minimum atomic E-state index is -4.60. The lowest BCUT2D eigenvalue weighted by molar-refractivity contribution is -0.137. The summed E-state index contributed by atoms with van der Waals surface area (Å²) in [5, 5.41) is 6.41. The Morgan fingerprint density at radius 3 is 2.39 bits per heavy atom. The number of aromatic nitrogens is 1. The van der Waals surface area contributed by atoms with E-state index >= 15 is 0 Å². The number of alkyl halides is 3. The Hall–Kier alpha value is -4.50. The van der Waals surface area contributed by atoms with E-state index in [0.717, 1.165) is 24.6 Å². The Labute approximate surface area is 233 Å². The molecule has 0 saturated heterocycles. The van der Waals surface area contributed by atoms with Crippen molar-refractivity contribution < 1.29 is 26.8 Å². The molecule has 1 aliphatic carbocycles. The van der Waals surface area contributed by atoms with E-state index < -0.39 is 23.5 Å². The lowest BCUT2D eigenvalue weighted by Crippen LogP contribution is -2.29. The van der Waals surface area contributed by atoms with Crippen LogP contribution in [-0.2, 0) is 18.3 Å². The molecule has 0 spiro atoms. The second kappa shape index (κ2) is 10.2. The number of halogens is 4. The highest BCUT2D eigenvalue weighted by molar-refractivity contribution is 6.11. The molecule has 41 heavy (non-hydrogen) atoms. The quantitative estimate of drug-likeness (QED) is 0.203. The fourth-order valence-electron chi connectivity index (χ4n) is 5.17. The van der Waals surface area contributed by atoms with Crippen LogP contribution in [0, 0.1) is 5.82 Å². The number of benzene rings is 3. The minimum absolute atomic E-state index is 0.00577. The molecule has 0 bridgehead atoms. The summed E-state index contributed by atoms with van der Waals surface area (Å²) in [6, 6.07) is 19.9. The smallest absolute Gasteiger partial charge is 0.417 e. The van der Waals surface area contributed by atoms with Crippen molar-refractivity contribution in [3.05, 3.63) is 113 Å². The number of fused-ring (bicyclic) bond motifs is 1. The molecule has 2 N–H and O–H groups in total. The topological polar surface area (TPSA) is 67.2 Å². The van der Waals surface area contributed by atoms with E-state index in [0.29, 0.717) is 28.6 Å². The van der Waals surface area contributed by atoms with E-state index in [1.807, 2.05) is 18.2 Å². The van der Waals surface area contributed by atoms with Crippen LogP contribution in [0.3, 0.4) is 0 Å². The standard InChI is InChI=1S/C32H25F4N3O2/c1-37-30(40)28-24-17-21(8-12-26(24)41-29(28)20-6-9-22(33)10-7-20)23-16-19(5-11-25(23)32(34,35)36)18-39-31(13-14-31)27-4-2-3-15-38-27/h2-12,15-17,39H,13-14,18H2,1H3,(H,37,40). The first-order valence-electron chi connectivity index (χ1n) is 13.1. The summed E-state index contributed by atoms with van der Waals surface area (Å²) < 4.78 is 62.0. The summed E-state index contributed by atoms with van der Waals surface area (Å²) in [7, 11) is 1.45. The van der Waals surface area contributed by atoms with Gasteiger partial charge in [-0.1, -0.05) is 18.2 Å². The van der Waals surface area contributed by atoms with Crippen molar-refractivity contribution in [1.29, 1.82) is 0 Å². The van der Waals surface area contributed by atoms with E-state index in [2.05, 4.69) is 15.6 Å². The van der Waals surface area contributed by atoms with Crippen LogP contribution < -0.4 is 10.6 Å². The van der Waals surface area contributed by atoms with Crippen molar-refractivity contribution in [3.63, 3.8) is 0 Å². The van der Waals surface area contributed by atoms with Crippen molar-refractivity contribution in [2.24, 2.45) is 0 Å². The molecule has 2 heterocycles. The maximum absolute atomic E-state index is 14.2. The summed E-state index contributed by atoms with van der Waals surface area (Å²) in [5.41, 5.74) is 1.76. The molecule has 1 aliphatic rings. The summed E-state index contributed by atoms with van der Waals surface area (Å²) in [6.45, 7) is 0.355. The van der Waals surface area contributed by atoms with Gasteiger partial charge < -0.3 is 15.1 Å². The molecular weight excluding hydrogens is 534 g/mol. The number of rotatable bonds is 7. The van der Waals surface area contributed by atoms with Gasteiger partial charge >= 0.3 is 6.18 Å². The zero-order valence-electron chi connectivity index (χ0n) is 22.0. The van der Waals surface area contributed by atoms with Gasteiger partial charge in [0.25, 0.3) is 5.91 Å². The maximum Gasteiger partial charge on any atom is 0.417 e. The molecule has 0 radical (unpaired) electrons. The highest BCUT2D eigenvalue weighted by atomic mass is 19.4. The highest BCUT2D eigenvalue weighted by Crippen LogP contribution is 2.45. The van der Waals surface area contributed by atoms with Crippen LogP contribution in [0.15, 0.2) is 89.5 Å². The Morgan fingerprint density at radius 2 is 1.73 bits per heavy atom. The molecular formula is C32H25F4N3O2. The van der Waals surface area contributed by atoms with Gasteiger partial charge in [0.1, 0.15) is 17.2 Å². The fourth-order valence-corrected chi connectivity index (χ4v) is 5.17. The molecule has 0 aliphatic heterocycles. The van der Waals surface area contributed by atoms with Crippen LogP contribution in [0.5, 0.6) is 0 Å². The highest BCUT2D eigenvalue weighted by Gasteiger charge is 2.45. The molecule has 0 unspecified atom stereocenters. The van der Waals surface area contributed by atoms with Gasteiger partial charge in [0.2, 0.25) is 0 Å². The average Bonchev–Trinajstić information content (AvgIpc) is 3.68. The molecule has 6 rings (SSSR count). The molecule has 5 aromatic rings. The molecule has 3 aromatic carbocycles. The van der Waals surface area contributed by atoms with Gasteiger partial charge in [0.05, 0.1) is 22.4 Å². The van der Waals surface area contributed by atoms with Crippen LogP contribution in [0.25, 0.3) is 33.4 Å². The van der Waals surface area contributed by atoms with Gasteiger partial charge in [-0.25, -0.2) is 4.39 Å². The summed E-state index contributed by atoms with van der Waals surface area (Å²) >= 11 is 0. The Kier molecular flexibility index (Phi) is 6.62. The van der Waals surface area contributed by atoms with E-state index in [4.69, 9.17) is 4.42 Å². The number of pyridine rings is 1. The molecule has 9 heteroatoms. The summed E-state index contributed by atoms with van der Waals surface area (Å²) in [4.78, 5) is 17.4. The van der Waals surface area contributed by atoms with Crippen LogP contribution in [-0.4, -0.2) is 17.9 Å². The number of carbonyl (C=O) groups excluding carboxylic acids is 1. The summed E-state index contributed by atoms with van der Waals surface area (Å²) in [5.74, 6) is -0.719. The van der Waals surface area contributed by atoms with Gasteiger partial charge in [0.15, 0.2) is 0 Å². The molecule has 0 atom stereocenters. The van der Waals surface area contributed by atoms with Gasteiger partial charge in [-0.05, 0) is 90.2 Å². The van der Waals surface area contributed by atoms with Crippen molar-refractivity contribution in [1.82, 2.24) is 15.6 Å². The third-order valence-electron chi connectivity index (χ3n) is 7.49. The number of amides is 1. The normalized spacial score (nSPS) is 14.3. The number of hydrogen-bond acceptors (Lipinski definition) is 4. The molecule has 1 fully saturated rings. The molecule has 1 amide bonds. The third kappa shape index (κ3) is 5.09. The van der Waals surface area contributed by atoms with Crippen molar-refractivity contribution in [3.8, 4) is 22.5 Å². The summed E-state index contributed by atoms with van der Waals surface area (Å²) in [6.07, 6.45) is -1.07. The zero-order chi connectivity index (χ0) is 28.8. The first-order chi connectivity index (χ1) is 19.7. The Morgan fingerprint density at radius 1 is 0.976 bits per heavy atom. The largest absolute Gasteiger partial charge is 0.455 e. The second-order valence-electron chi connectivity index (χ2n) is 10.1. The number of carbonyl (C=O) groups is 1. The van der Waals surface area contributed by atoms with E-state index in [1.165, 1.54) is 49.5 Å². The molecule has 208 valence electrons. The van der Waals surface area contributed by atoms with Gasteiger partial charge in [-0.3, -0.25) is 9.78 Å². The van der Waals surface area contributed by atoms with Crippen LogP contribution in [0.1, 0.15) is 40.0 Å². The van der Waals surface area contributed by atoms with Crippen molar-refractivity contribution in [2.45, 2.75) is 31.1 Å². The number of hydrogen-bond donors (Lipinski definition) is 2. The van der Waals surface area contributed by atoms with Gasteiger partial charge in [0, 0.05) is 30.7 Å². The Balaban J connectivity index is 1.42. The fraction of sp³-hybridized carbons (Fsp3) is 0.188. The third-order valence-corrected chi connectivity index (χ3v) is 7.49. The van der Waals surface area contributed by atoms with Crippen LogP contribution >= 0.6 is 0 Å². The minimum Gasteiger partial charge on any atom is -0.455 e. The van der Waals surface area contributed by atoms with Crippen molar-refractivity contribution in [2.75, 3.05) is 7.05 Å². The SMILES string of the molecule is CNC(=O)c1c(-c2ccc(F)cc2)oc2ccc(-c3cc(CNC4(c5ccccn5)CC4)ccc3C(F)(F)F)cc12. The maximum atomic E-state index is 14.2. The second-order valence-corrected chi connectivity index (χ2v) is 10.1. The van der Waals surface area contributed by atoms with Gasteiger partial charge in [-0.15, -0.1) is 0 Å². The predicted molar refractivity (Wildman–Crippen MR) is 147 cm³/mol. The first-order valence-corrected chi connectivity index (χ1v) is 13.1. The van der Waals surface area contributed by atoms with Gasteiger partial charge in [-0.2, -0.15) is 13.2 Å². The average molecular weight is 560 g/mol. The van der Waals surface area contributed by atoms with E-state index in [9.17, 15) is 22.4 Å². The lowest BCUT2D eigenvalue weighted by atomic mass is 9.94. The molecule has 5 nitrogen and oxygen atoms in total. The first kappa shape index (κ1) is 26.7. The van der Waals surface area contributed by atoms with Crippen LogP contribution in [0.4, 0.5) is 17.6 Å². The lowest BCUT2D eigenvalue weighted by Gasteiger charge is -2.19. The number of nitrogens with zero attached hydrogens (tertiary/aromatic N) is 1. The van der Waals surface area contributed by atoms with Crippen LogP contribution in [0.2, 0.25) is 0 Å². The Bertz CT molecular complexity index is 1740. The number of nitrogens with one attached hydrogen (secondary N) is 2. The van der Waals surface area contributed by atoms with E-state index in [-0.39, 0.29) is 28.0 Å². The predicted octanol–water partition coefficient (Wildman–Crippen LogP) is 7.46. The zero-order valence-corrected chi connectivity index (χ0v) is 22.0. The number of furan rings is 1. The molecule has 1 saturated carbocycles. The molecule has 2 aromatic heterocycles.